The van der Waals surface area contributed by atoms with Gasteiger partial charge >= 0.3 is 11.9 Å². The van der Waals surface area contributed by atoms with Crippen LogP contribution in [0.4, 0.5) is 0 Å². The summed E-state index contributed by atoms with van der Waals surface area (Å²) >= 11 is 0. The van der Waals surface area contributed by atoms with Gasteiger partial charge in [0.1, 0.15) is 11.5 Å². The van der Waals surface area contributed by atoms with Crippen molar-refractivity contribution in [2.75, 3.05) is 0 Å². The molecule has 0 saturated heterocycles. The van der Waals surface area contributed by atoms with Gasteiger partial charge in [0.25, 0.3) is 0 Å². The molecule has 0 N–H and O–H groups in total. The van der Waals surface area contributed by atoms with Gasteiger partial charge in [-0.2, -0.15) is 0 Å². The second-order valence-corrected chi connectivity index (χ2v) is 6.57. The van der Waals surface area contributed by atoms with E-state index in [4.69, 9.17) is 9.47 Å². The van der Waals surface area contributed by atoms with Gasteiger partial charge in [-0.1, -0.05) is 60.7 Å². The van der Waals surface area contributed by atoms with Crippen LogP contribution >= 0.6 is 0 Å². The third-order valence-corrected chi connectivity index (χ3v) is 4.44. The van der Waals surface area contributed by atoms with Gasteiger partial charge in [0.2, 0.25) is 0 Å². The second kappa shape index (κ2) is 8.88. The molecule has 0 saturated carbocycles. The first-order valence-electron chi connectivity index (χ1n) is 9.44. The summed E-state index contributed by atoms with van der Waals surface area (Å²) in [5, 5.41) is 0. The minimum atomic E-state index is -0.442. The van der Waals surface area contributed by atoms with Crippen LogP contribution < -0.4 is 9.47 Å². The predicted molar refractivity (Wildman–Crippen MR) is 115 cm³/mol. The molecule has 30 heavy (non-hydrogen) atoms. The number of rotatable bonds is 5. The maximum absolute atomic E-state index is 12.5. The lowest BCUT2D eigenvalue weighted by molar-refractivity contribution is 0.0725. The van der Waals surface area contributed by atoms with Crippen molar-refractivity contribution in [3.63, 3.8) is 0 Å². The summed E-state index contributed by atoms with van der Waals surface area (Å²) in [5.41, 5.74) is 2.45. The molecule has 0 aliphatic heterocycles. The third-order valence-electron chi connectivity index (χ3n) is 4.44. The summed E-state index contributed by atoms with van der Waals surface area (Å²) in [7, 11) is 0. The first kappa shape index (κ1) is 19.2. The lowest BCUT2D eigenvalue weighted by Gasteiger charge is -2.08. The zero-order chi connectivity index (χ0) is 20.8. The van der Waals surface area contributed by atoms with Crippen LogP contribution in [0.5, 0.6) is 11.5 Å². The monoisotopic (exact) mass is 394 g/mol. The molecule has 4 heteroatoms. The van der Waals surface area contributed by atoms with Crippen molar-refractivity contribution in [2.24, 2.45) is 0 Å². The third kappa shape index (κ3) is 4.62. The van der Waals surface area contributed by atoms with Crippen molar-refractivity contribution in [3.05, 3.63) is 120 Å². The number of ether oxygens (including phenoxy) is 2. The predicted octanol–water partition coefficient (Wildman–Crippen LogP) is 5.79. The average molecular weight is 394 g/mol. The Hall–Kier alpha value is -4.18. The molecule has 0 bridgehead atoms. The molecule has 0 heterocycles. The Balaban J connectivity index is 1.54. The molecule has 4 aromatic carbocycles. The molecule has 0 amide bonds. The van der Waals surface area contributed by atoms with Gasteiger partial charge in [-0.15, -0.1) is 0 Å². The quantitative estimate of drug-likeness (QED) is 0.317. The fourth-order valence-corrected chi connectivity index (χ4v) is 2.96. The minimum absolute atomic E-state index is 0.425. The van der Waals surface area contributed by atoms with Crippen molar-refractivity contribution in [3.8, 4) is 22.6 Å². The molecule has 0 aromatic heterocycles. The molecule has 0 spiro atoms. The van der Waals surface area contributed by atoms with Crippen LogP contribution in [0.2, 0.25) is 0 Å². The summed E-state index contributed by atoms with van der Waals surface area (Å²) in [6, 6.07) is 32.0. The molecule has 0 fully saturated rings. The van der Waals surface area contributed by atoms with Gasteiger partial charge < -0.3 is 9.47 Å². The Bertz CT molecular complexity index is 1070. The molecule has 0 unspecified atom stereocenters. The summed E-state index contributed by atoms with van der Waals surface area (Å²) in [4.78, 5) is 25.0. The van der Waals surface area contributed by atoms with E-state index in [1.54, 1.807) is 84.9 Å². The van der Waals surface area contributed by atoms with E-state index in [2.05, 4.69) is 0 Å². The van der Waals surface area contributed by atoms with E-state index in [0.717, 1.165) is 11.1 Å². The lowest BCUT2D eigenvalue weighted by Crippen LogP contribution is -2.09. The van der Waals surface area contributed by atoms with Gasteiger partial charge in [0.05, 0.1) is 11.1 Å². The van der Waals surface area contributed by atoms with Crippen molar-refractivity contribution in [2.45, 2.75) is 0 Å². The van der Waals surface area contributed by atoms with Crippen LogP contribution in [0, 0.1) is 0 Å². The van der Waals surface area contributed by atoms with Crippen LogP contribution in [-0.4, -0.2) is 11.9 Å². The van der Waals surface area contributed by atoms with Gasteiger partial charge in [0.15, 0.2) is 0 Å². The van der Waals surface area contributed by atoms with E-state index in [1.165, 1.54) is 0 Å². The van der Waals surface area contributed by atoms with E-state index in [9.17, 15) is 9.59 Å². The maximum atomic E-state index is 12.5. The molecule has 4 aromatic rings. The number of para-hydroxylation sites is 2. The minimum Gasteiger partial charge on any atom is -0.423 e. The molecule has 0 radical (unpaired) electrons. The van der Waals surface area contributed by atoms with E-state index in [-0.39, 0.29) is 0 Å². The van der Waals surface area contributed by atoms with E-state index in [0.29, 0.717) is 22.6 Å². The number of carbonyl (C=O) groups is 2. The highest BCUT2D eigenvalue weighted by Crippen LogP contribution is 2.23. The first-order valence-corrected chi connectivity index (χ1v) is 9.44. The second-order valence-electron chi connectivity index (χ2n) is 6.57. The number of hydrogen-bond donors (Lipinski definition) is 0. The fourth-order valence-electron chi connectivity index (χ4n) is 2.96. The molecule has 0 atom stereocenters. The SMILES string of the molecule is O=C(Oc1ccccc1)c1cccc(-c2cccc(C(=O)Oc3ccccc3)c2)c1. The molecule has 0 aliphatic carbocycles. The molecule has 146 valence electrons. The normalized spacial score (nSPS) is 10.3. The highest BCUT2D eigenvalue weighted by molar-refractivity contribution is 5.94. The number of carbonyl (C=O) groups excluding carboxylic acids is 2. The molecule has 0 aliphatic rings. The smallest absolute Gasteiger partial charge is 0.343 e. The summed E-state index contributed by atoms with van der Waals surface area (Å²) in [6.45, 7) is 0. The van der Waals surface area contributed by atoms with Gasteiger partial charge in [-0.25, -0.2) is 9.59 Å². The topological polar surface area (TPSA) is 52.6 Å². The van der Waals surface area contributed by atoms with Crippen molar-refractivity contribution < 1.29 is 19.1 Å². The highest BCUT2D eigenvalue weighted by atomic mass is 16.5. The Morgan fingerprint density at radius 3 is 1.27 bits per heavy atom. The van der Waals surface area contributed by atoms with Crippen molar-refractivity contribution in [1.29, 1.82) is 0 Å². The maximum Gasteiger partial charge on any atom is 0.343 e. The zero-order valence-corrected chi connectivity index (χ0v) is 16.0. The van der Waals surface area contributed by atoms with E-state index in [1.807, 2.05) is 24.3 Å². The first-order chi connectivity index (χ1) is 14.7. The lowest BCUT2D eigenvalue weighted by atomic mass is 10.0. The van der Waals surface area contributed by atoms with Crippen LogP contribution in [0.15, 0.2) is 109 Å². The number of hydrogen-bond acceptors (Lipinski definition) is 4. The summed E-state index contributed by atoms with van der Waals surface area (Å²) < 4.78 is 10.8. The van der Waals surface area contributed by atoms with E-state index >= 15 is 0 Å². The molecular weight excluding hydrogens is 376 g/mol. The van der Waals surface area contributed by atoms with Crippen LogP contribution in [0.1, 0.15) is 20.7 Å². The number of benzene rings is 4. The van der Waals surface area contributed by atoms with Crippen molar-refractivity contribution in [1.82, 2.24) is 0 Å². The fraction of sp³-hybridized carbons (Fsp3) is 0. The Morgan fingerprint density at radius 1 is 0.467 bits per heavy atom. The van der Waals surface area contributed by atoms with Crippen LogP contribution in [-0.2, 0) is 0 Å². The zero-order valence-electron chi connectivity index (χ0n) is 16.0. The molecule has 4 nitrogen and oxygen atoms in total. The average Bonchev–Trinajstić information content (AvgIpc) is 2.80. The van der Waals surface area contributed by atoms with Crippen molar-refractivity contribution >= 4 is 11.9 Å². The largest absolute Gasteiger partial charge is 0.423 e. The molecular formula is C26H18O4. The van der Waals surface area contributed by atoms with Gasteiger partial charge in [-0.3, -0.25) is 0 Å². The molecule has 4 rings (SSSR count). The van der Waals surface area contributed by atoms with Gasteiger partial charge in [0, 0.05) is 0 Å². The Kier molecular flexibility index (Phi) is 5.67. The van der Waals surface area contributed by atoms with Gasteiger partial charge in [-0.05, 0) is 59.7 Å². The Labute approximate surface area is 174 Å². The Morgan fingerprint density at radius 2 is 0.867 bits per heavy atom. The summed E-state index contributed by atoms with van der Waals surface area (Å²) in [5.74, 6) is 0.0856. The number of esters is 2. The highest BCUT2D eigenvalue weighted by Gasteiger charge is 2.12. The summed E-state index contributed by atoms with van der Waals surface area (Å²) in [6.07, 6.45) is 0. The van der Waals surface area contributed by atoms with Crippen LogP contribution in [0.25, 0.3) is 11.1 Å². The van der Waals surface area contributed by atoms with E-state index < -0.39 is 11.9 Å². The standard InChI is InChI=1S/C26H18O4/c27-25(29-23-13-3-1-4-14-23)21-11-7-9-19(17-21)20-10-8-12-22(18-20)26(28)30-24-15-5-2-6-16-24/h1-18H. The van der Waals surface area contributed by atoms with Crippen LogP contribution in [0.3, 0.4) is 0 Å².